The summed E-state index contributed by atoms with van der Waals surface area (Å²) in [5.74, 6) is 5.61. The standard InChI is InChI=1S/C13H14BrN3/c14-12-6-2-1-4-10(12)8-13(17-15)11-5-3-7-16-9-11/h1-7,9,13,17H,8,15H2. The van der Waals surface area contributed by atoms with E-state index < -0.39 is 0 Å². The van der Waals surface area contributed by atoms with Gasteiger partial charge in [0.25, 0.3) is 0 Å². The van der Waals surface area contributed by atoms with Crippen LogP contribution < -0.4 is 11.3 Å². The van der Waals surface area contributed by atoms with Crippen molar-refractivity contribution in [3.8, 4) is 0 Å². The summed E-state index contributed by atoms with van der Waals surface area (Å²) in [5, 5.41) is 0. The van der Waals surface area contributed by atoms with E-state index in [2.05, 4.69) is 32.4 Å². The van der Waals surface area contributed by atoms with Gasteiger partial charge in [0.2, 0.25) is 0 Å². The maximum atomic E-state index is 5.61. The third kappa shape index (κ3) is 3.12. The smallest absolute Gasteiger partial charge is 0.0515 e. The van der Waals surface area contributed by atoms with Crippen molar-refractivity contribution in [1.29, 1.82) is 0 Å². The molecule has 0 aliphatic heterocycles. The van der Waals surface area contributed by atoms with Gasteiger partial charge in [-0.1, -0.05) is 40.2 Å². The molecule has 4 heteroatoms. The van der Waals surface area contributed by atoms with Gasteiger partial charge in [-0.15, -0.1) is 0 Å². The predicted molar refractivity (Wildman–Crippen MR) is 72.1 cm³/mol. The summed E-state index contributed by atoms with van der Waals surface area (Å²) in [6, 6.07) is 12.2. The minimum atomic E-state index is 0.0717. The average molecular weight is 292 g/mol. The van der Waals surface area contributed by atoms with Crippen LogP contribution in [-0.2, 0) is 6.42 Å². The first-order valence-corrected chi connectivity index (χ1v) is 6.20. The molecule has 0 saturated carbocycles. The van der Waals surface area contributed by atoms with Gasteiger partial charge >= 0.3 is 0 Å². The highest BCUT2D eigenvalue weighted by molar-refractivity contribution is 9.10. The number of nitrogens with one attached hydrogen (secondary N) is 1. The Kier molecular flexibility index (Phi) is 4.25. The van der Waals surface area contributed by atoms with Crippen LogP contribution in [0.15, 0.2) is 53.3 Å². The van der Waals surface area contributed by atoms with Gasteiger partial charge < -0.3 is 0 Å². The Morgan fingerprint density at radius 1 is 1.24 bits per heavy atom. The van der Waals surface area contributed by atoms with Crippen LogP contribution in [0.3, 0.4) is 0 Å². The van der Waals surface area contributed by atoms with Gasteiger partial charge in [-0.05, 0) is 29.7 Å². The Labute approximate surface area is 109 Å². The SMILES string of the molecule is NNC(Cc1ccccc1Br)c1cccnc1. The Morgan fingerprint density at radius 3 is 2.71 bits per heavy atom. The molecule has 3 N–H and O–H groups in total. The van der Waals surface area contributed by atoms with E-state index in [1.165, 1.54) is 5.56 Å². The van der Waals surface area contributed by atoms with Crippen LogP contribution in [0.4, 0.5) is 0 Å². The molecule has 2 aromatic rings. The highest BCUT2D eigenvalue weighted by Gasteiger charge is 2.11. The minimum Gasteiger partial charge on any atom is -0.271 e. The summed E-state index contributed by atoms with van der Waals surface area (Å²) < 4.78 is 1.10. The number of benzene rings is 1. The molecule has 2 rings (SSSR count). The largest absolute Gasteiger partial charge is 0.271 e. The van der Waals surface area contributed by atoms with Gasteiger partial charge in [-0.2, -0.15) is 0 Å². The van der Waals surface area contributed by atoms with Crippen LogP contribution in [0, 0.1) is 0 Å². The van der Waals surface area contributed by atoms with E-state index in [0.717, 1.165) is 16.5 Å². The third-order valence-electron chi connectivity index (χ3n) is 2.67. The molecular formula is C13H14BrN3. The van der Waals surface area contributed by atoms with Crippen molar-refractivity contribution < 1.29 is 0 Å². The van der Waals surface area contributed by atoms with Crippen molar-refractivity contribution in [2.45, 2.75) is 12.5 Å². The molecule has 0 aliphatic carbocycles. The number of pyridine rings is 1. The second kappa shape index (κ2) is 5.91. The molecule has 0 bridgehead atoms. The molecule has 3 nitrogen and oxygen atoms in total. The zero-order valence-electron chi connectivity index (χ0n) is 9.31. The number of rotatable bonds is 4. The second-order valence-electron chi connectivity index (χ2n) is 3.80. The highest BCUT2D eigenvalue weighted by Crippen LogP contribution is 2.22. The van der Waals surface area contributed by atoms with Crippen LogP contribution in [0.2, 0.25) is 0 Å². The van der Waals surface area contributed by atoms with Crippen molar-refractivity contribution in [3.05, 3.63) is 64.4 Å². The summed E-state index contributed by atoms with van der Waals surface area (Å²) >= 11 is 3.54. The van der Waals surface area contributed by atoms with Crippen LogP contribution in [0.1, 0.15) is 17.2 Å². The van der Waals surface area contributed by atoms with E-state index in [9.17, 15) is 0 Å². The third-order valence-corrected chi connectivity index (χ3v) is 3.44. The summed E-state index contributed by atoms with van der Waals surface area (Å²) in [6.45, 7) is 0. The lowest BCUT2D eigenvalue weighted by atomic mass is 10.0. The van der Waals surface area contributed by atoms with E-state index in [1.54, 1.807) is 6.20 Å². The number of hydrogen-bond acceptors (Lipinski definition) is 3. The van der Waals surface area contributed by atoms with Crippen molar-refractivity contribution >= 4 is 15.9 Å². The predicted octanol–water partition coefficient (Wildman–Crippen LogP) is 2.59. The fourth-order valence-corrected chi connectivity index (χ4v) is 2.19. The number of halogens is 1. The maximum Gasteiger partial charge on any atom is 0.0515 e. The first kappa shape index (κ1) is 12.2. The van der Waals surface area contributed by atoms with Crippen LogP contribution >= 0.6 is 15.9 Å². The second-order valence-corrected chi connectivity index (χ2v) is 4.66. The van der Waals surface area contributed by atoms with Gasteiger partial charge in [0.15, 0.2) is 0 Å². The quantitative estimate of drug-likeness (QED) is 0.672. The van der Waals surface area contributed by atoms with E-state index >= 15 is 0 Å². The molecular weight excluding hydrogens is 278 g/mol. The first-order chi connectivity index (χ1) is 8.31. The molecule has 0 fully saturated rings. The Hall–Kier alpha value is -1.23. The lowest BCUT2D eigenvalue weighted by molar-refractivity contribution is 0.549. The van der Waals surface area contributed by atoms with E-state index in [0.29, 0.717) is 0 Å². The summed E-state index contributed by atoms with van der Waals surface area (Å²) in [7, 11) is 0. The molecule has 0 amide bonds. The van der Waals surface area contributed by atoms with Crippen molar-refractivity contribution in [1.82, 2.24) is 10.4 Å². The molecule has 1 atom stereocenters. The lowest BCUT2D eigenvalue weighted by Crippen LogP contribution is -2.29. The number of nitrogens with zero attached hydrogens (tertiary/aromatic N) is 1. The normalized spacial score (nSPS) is 12.4. The molecule has 0 aliphatic rings. The molecule has 17 heavy (non-hydrogen) atoms. The van der Waals surface area contributed by atoms with Gasteiger partial charge in [0.05, 0.1) is 6.04 Å². The fourth-order valence-electron chi connectivity index (χ4n) is 1.74. The molecule has 1 aromatic heterocycles. The number of hydrogen-bond donors (Lipinski definition) is 2. The molecule has 0 radical (unpaired) electrons. The number of aromatic nitrogens is 1. The average Bonchev–Trinajstić information content (AvgIpc) is 2.39. The first-order valence-electron chi connectivity index (χ1n) is 5.40. The van der Waals surface area contributed by atoms with Crippen LogP contribution in [0.5, 0.6) is 0 Å². The number of nitrogens with two attached hydrogens (primary N) is 1. The Bertz CT molecular complexity index is 473. The Balaban J connectivity index is 2.19. The van der Waals surface area contributed by atoms with E-state index in [-0.39, 0.29) is 6.04 Å². The lowest BCUT2D eigenvalue weighted by Gasteiger charge is -2.16. The zero-order chi connectivity index (χ0) is 12.1. The van der Waals surface area contributed by atoms with Gasteiger partial charge in [0.1, 0.15) is 0 Å². The van der Waals surface area contributed by atoms with Crippen molar-refractivity contribution in [3.63, 3.8) is 0 Å². The molecule has 88 valence electrons. The summed E-state index contributed by atoms with van der Waals surface area (Å²) in [4.78, 5) is 4.11. The number of hydrazine groups is 1. The molecule has 0 saturated heterocycles. The Morgan fingerprint density at radius 2 is 2.06 bits per heavy atom. The highest BCUT2D eigenvalue weighted by atomic mass is 79.9. The van der Waals surface area contributed by atoms with Crippen LogP contribution in [0.25, 0.3) is 0 Å². The van der Waals surface area contributed by atoms with Gasteiger partial charge in [-0.25, -0.2) is 0 Å². The van der Waals surface area contributed by atoms with Crippen LogP contribution in [-0.4, -0.2) is 4.98 Å². The van der Waals surface area contributed by atoms with Crippen molar-refractivity contribution in [2.24, 2.45) is 5.84 Å². The van der Waals surface area contributed by atoms with Gasteiger partial charge in [-0.3, -0.25) is 16.3 Å². The zero-order valence-corrected chi connectivity index (χ0v) is 10.9. The minimum absolute atomic E-state index is 0.0717. The fraction of sp³-hybridized carbons (Fsp3) is 0.154. The molecule has 0 spiro atoms. The maximum absolute atomic E-state index is 5.61. The molecule has 1 unspecified atom stereocenters. The topological polar surface area (TPSA) is 50.9 Å². The van der Waals surface area contributed by atoms with Gasteiger partial charge in [0, 0.05) is 16.9 Å². The van der Waals surface area contributed by atoms with E-state index in [4.69, 9.17) is 5.84 Å². The molecule has 1 heterocycles. The van der Waals surface area contributed by atoms with Crippen molar-refractivity contribution in [2.75, 3.05) is 0 Å². The summed E-state index contributed by atoms with van der Waals surface area (Å²) in [5.41, 5.74) is 5.14. The summed E-state index contributed by atoms with van der Waals surface area (Å²) in [6.07, 6.45) is 4.42. The molecule has 1 aromatic carbocycles. The monoisotopic (exact) mass is 291 g/mol. The van der Waals surface area contributed by atoms with E-state index in [1.807, 2.05) is 36.5 Å².